The summed E-state index contributed by atoms with van der Waals surface area (Å²) in [5.74, 6) is 0.378. The van der Waals surface area contributed by atoms with Crippen molar-refractivity contribution >= 4 is 33.0 Å². The zero-order valence-electron chi connectivity index (χ0n) is 13.8. The van der Waals surface area contributed by atoms with Gasteiger partial charge in [0, 0.05) is 13.1 Å². The molecular weight excluding hydrogens is 398 g/mol. The van der Waals surface area contributed by atoms with Crippen LogP contribution in [0.2, 0.25) is 0 Å². The van der Waals surface area contributed by atoms with Gasteiger partial charge in [0.05, 0.1) is 6.61 Å². The fourth-order valence-electron chi connectivity index (χ4n) is 2.94. The van der Waals surface area contributed by atoms with Crippen molar-refractivity contribution in [2.24, 2.45) is 0 Å². The maximum absolute atomic E-state index is 12.4. The summed E-state index contributed by atoms with van der Waals surface area (Å²) in [5, 5.41) is 29.5. The molecule has 10 nitrogen and oxygen atoms in total. The van der Waals surface area contributed by atoms with E-state index in [1.165, 1.54) is 4.57 Å². The van der Waals surface area contributed by atoms with Crippen LogP contribution in [-0.4, -0.2) is 72.8 Å². The summed E-state index contributed by atoms with van der Waals surface area (Å²) in [6, 6.07) is 0. The third kappa shape index (κ3) is 2.95. The molecule has 2 aromatic heterocycles. The summed E-state index contributed by atoms with van der Waals surface area (Å²) in [4.78, 5) is 25.5. The van der Waals surface area contributed by atoms with E-state index in [1.54, 1.807) is 0 Å². The molecule has 1 fully saturated rings. The van der Waals surface area contributed by atoms with Crippen LogP contribution in [0.5, 0.6) is 0 Å². The second-order valence-electron chi connectivity index (χ2n) is 5.71. The first kappa shape index (κ1) is 18.3. The number of hydrogen-bond acceptors (Lipinski definition) is 8. The number of hydrogen-bond donors (Lipinski definition) is 4. The summed E-state index contributed by atoms with van der Waals surface area (Å²) >= 11 is 3.25. The second-order valence-corrected chi connectivity index (χ2v) is 6.42. The van der Waals surface area contributed by atoms with Crippen LogP contribution in [0.15, 0.2) is 9.53 Å². The van der Waals surface area contributed by atoms with Gasteiger partial charge in [-0.25, -0.2) is 4.98 Å². The first-order valence-electron chi connectivity index (χ1n) is 7.98. The Morgan fingerprint density at radius 1 is 1.28 bits per heavy atom. The van der Waals surface area contributed by atoms with E-state index in [4.69, 9.17) is 4.74 Å². The number of halogens is 1. The van der Waals surface area contributed by atoms with Crippen molar-refractivity contribution in [3.63, 3.8) is 0 Å². The van der Waals surface area contributed by atoms with Crippen LogP contribution in [0, 0.1) is 0 Å². The van der Waals surface area contributed by atoms with Gasteiger partial charge in [-0.3, -0.25) is 14.3 Å². The number of rotatable bonds is 5. The molecule has 4 N–H and O–H groups in total. The van der Waals surface area contributed by atoms with Gasteiger partial charge in [-0.15, -0.1) is 0 Å². The van der Waals surface area contributed by atoms with Gasteiger partial charge in [-0.2, -0.15) is 4.98 Å². The Hall–Kier alpha value is -1.53. The minimum absolute atomic E-state index is 0.0838. The van der Waals surface area contributed by atoms with E-state index in [1.807, 2.05) is 18.7 Å². The minimum Gasteiger partial charge on any atom is -0.394 e. The lowest BCUT2D eigenvalue weighted by atomic mass is 10.1. The lowest BCUT2D eigenvalue weighted by Gasteiger charge is -2.20. The standard InChI is InChI=1S/C14H20BrN5O5/c1-3-19(4-2)14-17-10-7(11(24)18-14)16-13(15)20(10)12-9(23)8(22)6(5-21)25-12/h6,8-9,12,21-23H,3-5H2,1-2H3,(H,17,18,24)/t6-,8-,9-,12-/m1/s1. The number of H-pyrrole nitrogens is 1. The molecule has 2 aromatic rings. The highest BCUT2D eigenvalue weighted by Crippen LogP contribution is 2.33. The summed E-state index contributed by atoms with van der Waals surface area (Å²) in [7, 11) is 0. The van der Waals surface area contributed by atoms with Gasteiger partial charge in [-0.05, 0) is 29.8 Å². The zero-order valence-corrected chi connectivity index (χ0v) is 15.3. The van der Waals surface area contributed by atoms with Gasteiger partial charge < -0.3 is 25.0 Å². The first-order valence-corrected chi connectivity index (χ1v) is 8.77. The molecule has 0 bridgehead atoms. The second kappa shape index (κ2) is 7.00. The van der Waals surface area contributed by atoms with Gasteiger partial charge in [0.15, 0.2) is 22.1 Å². The highest BCUT2D eigenvalue weighted by atomic mass is 79.9. The van der Waals surface area contributed by atoms with E-state index in [0.29, 0.717) is 19.0 Å². The van der Waals surface area contributed by atoms with Gasteiger partial charge in [0.2, 0.25) is 5.95 Å². The van der Waals surface area contributed by atoms with Crippen molar-refractivity contribution in [1.29, 1.82) is 0 Å². The predicted molar refractivity (Wildman–Crippen MR) is 92.4 cm³/mol. The molecule has 1 saturated heterocycles. The van der Waals surface area contributed by atoms with Gasteiger partial charge >= 0.3 is 0 Å². The molecule has 1 aliphatic heterocycles. The topological polar surface area (TPSA) is 137 Å². The molecule has 0 unspecified atom stereocenters. The number of aliphatic hydroxyl groups is 3. The molecule has 0 saturated carbocycles. The lowest BCUT2D eigenvalue weighted by molar-refractivity contribution is -0.0521. The number of anilines is 1. The first-order chi connectivity index (χ1) is 11.9. The molecule has 1 aliphatic rings. The largest absolute Gasteiger partial charge is 0.394 e. The highest BCUT2D eigenvalue weighted by Gasteiger charge is 2.44. The molecule has 25 heavy (non-hydrogen) atoms. The maximum atomic E-state index is 12.4. The van der Waals surface area contributed by atoms with Crippen molar-refractivity contribution < 1.29 is 20.1 Å². The van der Waals surface area contributed by atoms with E-state index in [2.05, 4.69) is 30.9 Å². The van der Waals surface area contributed by atoms with Crippen molar-refractivity contribution in [2.45, 2.75) is 38.4 Å². The number of fused-ring (bicyclic) bond motifs is 1. The SMILES string of the molecule is CCN(CC)c1nc2c(nc(Br)n2[C@@H]2O[C@H](CO)[C@@H](O)[C@H]2O)c(=O)[nH]1. The van der Waals surface area contributed by atoms with Crippen LogP contribution in [0.1, 0.15) is 20.1 Å². The summed E-state index contributed by atoms with van der Waals surface area (Å²) in [6.07, 6.45) is -4.54. The van der Waals surface area contributed by atoms with E-state index < -0.39 is 36.7 Å². The van der Waals surface area contributed by atoms with Crippen LogP contribution in [0.4, 0.5) is 5.95 Å². The number of imidazole rings is 1. The molecule has 0 aliphatic carbocycles. The maximum Gasteiger partial charge on any atom is 0.280 e. The van der Waals surface area contributed by atoms with Crippen molar-refractivity contribution in [2.75, 3.05) is 24.6 Å². The number of aromatic nitrogens is 4. The van der Waals surface area contributed by atoms with Crippen LogP contribution in [0.25, 0.3) is 11.2 Å². The molecule has 0 amide bonds. The van der Waals surface area contributed by atoms with Crippen LogP contribution in [-0.2, 0) is 4.74 Å². The average Bonchev–Trinajstić information content (AvgIpc) is 3.06. The number of nitrogens with one attached hydrogen (secondary N) is 1. The minimum atomic E-state index is -1.30. The molecule has 3 heterocycles. The number of aromatic amines is 1. The monoisotopic (exact) mass is 417 g/mol. The summed E-state index contributed by atoms with van der Waals surface area (Å²) in [6.45, 7) is 4.72. The number of aliphatic hydroxyl groups excluding tert-OH is 3. The zero-order chi connectivity index (χ0) is 18.3. The Balaban J connectivity index is 2.15. The lowest BCUT2D eigenvalue weighted by Crippen LogP contribution is -2.33. The van der Waals surface area contributed by atoms with Crippen molar-refractivity contribution in [1.82, 2.24) is 19.5 Å². The normalized spacial score (nSPS) is 26.5. The molecule has 4 atom stereocenters. The molecule has 3 rings (SSSR count). The van der Waals surface area contributed by atoms with Crippen molar-refractivity contribution in [3.05, 3.63) is 15.1 Å². The molecule has 138 valence electrons. The van der Waals surface area contributed by atoms with Crippen LogP contribution in [0.3, 0.4) is 0 Å². The van der Waals surface area contributed by atoms with Crippen molar-refractivity contribution in [3.8, 4) is 0 Å². The summed E-state index contributed by atoms with van der Waals surface area (Å²) < 4.78 is 7.17. The molecular formula is C14H20BrN5O5. The van der Waals surface area contributed by atoms with Gasteiger partial charge in [0.1, 0.15) is 18.3 Å². The Morgan fingerprint density at radius 2 is 1.96 bits per heavy atom. The average molecular weight is 418 g/mol. The molecule has 0 radical (unpaired) electrons. The highest BCUT2D eigenvalue weighted by molar-refractivity contribution is 9.10. The molecule has 0 spiro atoms. The fraction of sp³-hybridized carbons (Fsp3) is 0.643. The van der Waals surface area contributed by atoms with Gasteiger partial charge in [0.25, 0.3) is 5.56 Å². The predicted octanol–water partition coefficient (Wildman–Crippen LogP) is -0.660. The van der Waals surface area contributed by atoms with E-state index >= 15 is 0 Å². The number of nitrogens with zero attached hydrogens (tertiary/aromatic N) is 4. The Labute approximate surface area is 151 Å². The quantitative estimate of drug-likeness (QED) is 0.470. The Morgan fingerprint density at radius 3 is 2.52 bits per heavy atom. The van der Waals surface area contributed by atoms with E-state index in [-0.39, 0.29) is 15.9 Å². The summed E-state index contributed by atoms with van der Waals surface area (Å²) in [5.41, 5.74) is -0.119. The Kier molecular flexibility index (Phi) is 5.11. The molecule has 11 heteroatoms. The number of ether oxygens (including phenoxy) is 1. The third-order valence-corrected chi connectivity index (χ3v) is 4.89. The van der Waals surface area contributed by atoms with E-state index in [9.17, 15) is 20.1 Å². The molecule has 0 aromatic carbocycles. The van der Waals surface area contributed by atoms with Crippen LogP contribution < -0.4 is 10.5 Å². The smallest absolute Gasteiger partial charge is 0.280 e. The fourth-order valence-corrected chi connectivity index (χ4v) is 3.48. The Bertz CT molecular complexity index is 820. The van der Waals surface area contributed by atoms with Crippen LogP contribution >= 0.6 is 15.9 Å². The van der Waals surface area contributed by atoms with E-state index in [0.717, 1.165) is 0 Å². The van der Waals surface area contributed by atoms with Gasteiger partial charge in [-0.1, -0.05) is 0 Å². The third-order valence-electron chi connectivity index (χ3n) is 4.33.